The van der Waals surface area contributed by atoms with E-state index in [0.29, 0.717) is 21.3 Å². The van der Waals surface area contributed by atoms with Gasteiger partial charge in [0.2, 0.25) is 0 Å². The number of rotatable bonds is 4. The van der Waals surface area contributed by atoms with Gasteiger partial charge < -0.3 is 9.84 Å². The smallest absolute Gasteiger partial charge is 0.257 e. The molecule has 0 radical (unpaired) electrons. The van der Waals surface area contributed by atoms with E-state index in [2.05, 4.69) is 10.3 Å². The van der Waals surface area contributed by atoms with Crippen LogP contribution in [0.5, 0.6) is 11.5 Å². The van der Waals surface area contributed by atoms with Gasteiger partial charge in [0.05, 0.1) is 17.7 Å². The minimum absolute atomic E-state index is 0.0435. The second kappa shape index (κ2) is 5.92. The van der Waals surface area contributed by atoms with Gasteiger partial charge in [-0.15, -0.1) is 0 Å². The number of aromatic nitrogens is 1. The van der Waals surface area contributed by atoms with Crippen molar-refractivity contribution >= 4 is 28.2 Å². The van der Waals surface area contributed by atoms with Crippen LogP contribution in [0.25, 0.3) is 0 Å². The molecule has 0 aliphatic rings. The summed E-state index contributed by atoms with van der Waals surface area (Å²) in [5, 5.41) is 12.5. The summed E-state index contributed by atoms with van der Waals surface area (Å²) in [5.74, 6) is -0.311. The first-order valence-electron chi connectivity index (χ1n) is 6.09. The number of phenols is 1. The monoisotopic (exact) mass is 306 g/mol. The molecule has 2 rings (SSSR count). The summed E-state index contributed by atoms with van der Waals surface area (Å²) < 4.78 is 4.95. The number of nitrogens with one attached hydrogen (secondary N) is 1. The van der Waals surface area contributed by atoms with Crippen molar-refractivity contribution in [1.82, 2.24) is 4.98 Å². The van der Waals surface area contributed by atoms with Crippen molar-refractivity contribution in [2.75, 3.05) is 12.4 Å². The van der Waals surface area contributed by atoms with E-state index in [9.17, 15) is 14.7 Å². The third-order valence-electron chi connectivity index (χ3n) is 2.78. The van der Waals surface area contributed by atoms with E-state index >= 15 is 0 Å². The molecule has 0 saturated carbocycles. The molecule has 0 saturated heterocycles. The number of carbonyl (C=O) groups excluding carboxylic acids is 2. The molecular weight excluding hydrogens is 292 g/mol. The maximum atomic E-state index is 12.1. The van der Waals surface area contributed by atoms with Crippen molar-refractivity contribution < 1.29 is 19.4 Å². The fourth-order valence-electron chi connectivity index (χ4n) is 1.76. The third-order valence-corrected chi connectivity index (χ3v) is 3.95. The molecule has 7 heteroatoms. The first kappa shape index (κ1) is 15.0. The van der Waals surface area contributed by atoms with E-state index in [1.165, 1.54) is 32.2 Å². The summed E-state index contributed by atoms with van der Waals surface area (Å²) in [4.78, 5) is 28.2. The Hall–Kier alpha value is -2.41. The van der Waals surface area contributed by atoms with Crippen molar-refractivity contribution in [2.45, 2.75) is 13.8 Å². The SMILES string of the molecule is COc1cc(C(=O)Nc2nc(C)c(C(C)=O)s2)ccc1O. The molecule has 1 aromatic heterocycles. The summed E-state index contributed by atoms with van der Waals surface area (Å²) in [5.41, 5.74) is 0.910. The molecule has 0 spiro atoms. The average molecular weight is 306 g/mol. The van der Waals surface area contributed by atoms with Crippen LogP contribution >= 0.6 is 11.3 Å². The van der Waals surface area contributed by atoms with Crippen LogP contribution in [-0.2, 0) is 0 Å². The zero-order valence-corrected chi connectivity index (χ0v) is 12.6. The minimum Gasteiger partial charge on any atom is -0.504 e. The van der Waals surface area contributed by atoms with Gasteiger partial charge in [-0.2, -0.15) is 0 Å². The van der Waals surface area contributed by atoms with E-state index < -0.39 is 5.91 Å². The molecule has 21 heavy (non-hydrogen) atoms. The summed E-state index contributed by atoms with van der Waals surface area (Å²) >= 11 is 1.13. The predicted octanol–water partition coefficient (Wildman–Crippen LogP) is 2.62. The lowest BCUT2D eigenvalue weighted by atomic mass is 10.2. The Bertz CT molecular complexity index is 709. The molecule has 0 atom stereocenters. The molecule has 110 valence electrons. The molecule has 1 heterocycles. The molecule has 1 aromatic carbocycles. The highest BCUT2D eigenvalue weighted by Crippen LogP contribution is 2.27. The van der Waals surface area contributed by atoms with E-state index in [0.717, 1.165) is 11.3 Å². The first-order chi connectivity index (χ1) is 9.92. The topological polar surface area (TPSA) is 88.5 Å². The zero-order valence-electron chi connectivity index (χ0n) is 11.8. The molecule has 0 aliphatic heterocycles. The Kier molecular flexibility index (Phi) is 4.23. The number of benzene rings is 1. The number of thiazole rings is 1. The van der Waals surface area contributed by atoms with Gasteiger partial charge in [-0.05, 0) is 25.1 Å². The van der Waals surface area contributed by atoms with Crippen LogP contribution in [0.2, 0.25) is 0 Å². The normalized spacial score (nSPS) is 10.2. The average Bonchev–Trinajstić information content (AvgIpc) is 2.80. The number of ether oxygens (including phenoxy) is 1. The number of carbonyl (C=O) groups is 2. The lowest BCUT2D eigenvalue weighted by Crippen LogP contribution is -2.11. The molecule has 2 aromatic rings. The van der Waals surface area contributed by atoms with Crippen LogP contribution < -0.4 is 10.1 Å². The summed E-state index contributed by atoms with van der Waals surface area (Å²) in [6, 6.07) is 4.28. The predicted molar refractivity (Wildman–Crippen MR) is 79.5 cm³/mol. The number of anilines is 1. The third kappa shape index (κ3) is 3.19. The van der Waals surface area contributed by atoms with Crippen molar-refractivity contribution in [1.29, 1.82) is 0 Å². The molecular formula is C14H14N2O4S. The quantitative estimate of drug-likeness (QED) is 0.848. The number of aromatic hydroxyl groups is 1. The van der Waals surface area contributed by atoms with Gasteiger partial charge in [-0.25, -0.2) is 4.98 Å². The number of nitrogens with zero attached hydrogens (tertiary/aromatic N) is 1. The summed E-state index contributed by atoms with van der Waals surface area (Å²) in [7, 11) is 1.40. The van der Waals surface area contributed by atoms with Crippen LogP contribution in [0.4, 0.5) is 5.13 Å². The Labute approximate surface area is 125 Å². The van der Waals surface area contributed by atoms with Gasteiger partial charge in [0.15, 0.2) is 22.4 Å². The van der Waals surface area contributed by atoms with E-state index in [1.54, 1.807) is 6.92 Å². The number of methoxy groups -OCH3 is 1. The number of hydrogen-bond donors (Lipinski definition) is 2. The first-order valence-corrected chi connectivity index (χ1v) is 6.90. The van der Waals surface area contributed by atoms with Crippen LogP contribution in [0.1, 0.15) is 32.6 Å². The number of hydrogen-bond acceptors (Lipinski definition) is 6. The van der Waals surface area contributed by atoms with Gasteiger partial charge >= 0.3 is 0 Å². The largest absolute Gasteiger partial charge is 0.504 e. The highest BCUT2D eigenvalue weighted by molar-refractivity contribution is 7.17. The number of Topliss-reactive ketones (excluding diaryl/α,β-unsaturated/α-hetero) is 1. The summed E-state index contributed by atoms with van der Waals surface area (Å²) in [6.07, 6.45) is 0. The van der Waals surface area contributed by atoms with Crippen molar-refractivity contribution in [3.8, 4) is 11.5 Å². The maximum absolute atomic E-state index is 12.1. The standard InChI is InChI=1S/C14H14N2O4S/c1-7-12(8(2)17)21-14(15-7)16-13(19)9-4-5-10(18)11(6-9)20-3/h4-6,18H,1-3H3,(H,15,16,19). The second-order valence-electron chi connectivity index (χ2n) is 4.33. The lowest BCUT2D eigenvalue weighted by molar-refractivity contribution is 0.101. The van der Waals surface area contributed by atoms with Crippen molar-refractivity contribution in [2.24, 2.45) is 0 Å². The van der Waals surface area contributed by atoms with Crippen LogP contribution in [0.15, 0.2) is 18.2 Å². The number of aryl methyl sites for hydroxylation is 1. The van der Waals surface area contributed by atoms with Crippen molar-refractivity contribution in [3.63, 3.8) is 0 Å². The Morgan fingerprint density at radius 3 is 2.67 bits per heavy atom. The number of phenolic OH excluding ortho intramolecular Hbond substituents is 1. The number of amides is 1. The Morgan fingerprint density at radius 1 is 1.38 bits per heavy atom. The fraction of sp³-hybridized carbons (Fsp3) is 0.214. The van der Waals surface area contributed by atoms with Gasteiger partial charge in [-0.3, -0.25) is 14.9 Å². The second-order valence-corrected chi connectivity index (χ2v) is 5.33. The van der Waals surface area contributed by atoms with E-state index in [1.807, 2.05) is 0 Å². The molecule has 6 nitrogen and oxygen atoms in total. The highest BCUT2D eigenvalue weighted by Gasteiger charge is 2.15. The van der Waals surface area contributed by atoms with Crippen LogP contribution in [-0.4, -0.2) is 28.9 Å². The van der Waals surface area contributed by atoms with Crippen molar-refractivity contribution in [3.05, 3.63) is 34.3 Å². The molecule has 0 aliphatic carbocycles. The molecule has 0 unspecified atom stereocenters. The number of ketones is 1. The van der Waals surface area contributed by atoms with E-state index in [-0.39, 0.29) is 17.3 Å². The summed E-state index contributed by atoms with van der Waals surface area (Å²) in [6.45, 7) is 3.17. The van der Waals surface area contributed by atoms with E-state index in [4.69, 9.17) is 4.74 Å². The Morgan fingerprint density at radius 2 is 2.10 bits per heavy atom. The van der Waals surface area contributed by atoms with Crippen LogP contribution in [0.3, 0.4) is 0 Å². The van der Waals surface area contributed by atoms with Gasteiger partial charge in [0.1, 0.15) is 0 Å². The van der Waals surface area contributed by atoms with Gasteiger partial charge in [-0.1, -0.05) is 11.3 Å². The maximum Gasteiger partial charge on any atom is 0.257 e. The Balaban J connectivity index is 2.22. The molecule has 0 bridgehead atoms. The van der Waals surface area contributed by atoms with Gasteiger partial charge in [0.25, 0.3) is 5.91 Å². The molecule has 2 N–H and O–H groups in total. The highest BCUT2D eigenvalue weighted by atomic mass is 32.1. The fourth-order valence-corrected chi connectivity index (χ4v) is 2.62. The molecule has 1 amide bonds. The lowest BCUT2D eigenvalue weighted by Gasteiger charge is -2.06. The van der Waals surface area contributed by atoms with Gasteiger partial charge in [0, 0.05) is 12.5 Å². The van der Waals surface area contributed by atoms with Crippen LogP contribution in [0, 0.1) is 6.92 Å². The molecule has 0 fully saturated rings. The minimum atomic E-state index is -0.392. The zero-order chi connectivity index (χ0) is 15.6.